The first-order valence-electron chi connectivity index (χ1n) is 8.75. The van der Waals surface area contributed by atoms with E-state index in [-0.39, 0.29) is 0 Å². The van der Waals surface area contributed by atoms with Crippen molar-refractivity contribution >= 4 is 0 Å². The average molecular weight is 299 g/mol. The molecule has 1 heterocycles. The minimum absolute atomic E-state index is 0.319. The average Bonchev–Trinajstić information content (AvgIpc) is 2.34. The van der Waals surface area contributed by atoms with E-state index in [0.717, 1.165) is 38.8 Å². The van der Waals surface area contributed by atoms with E-state index in [0.29, 0.717) is 23.4 Å². The molecule has 1 rings (SSSR count). The largest absolute Gasteiger partial charge is 0.380 e. The van der Waals surface area contributed by atoms with Gasteiger partial charge in [-0.1, -0.05) is 48.5 Å². The zero-order valence-corrected chi connectivity index (χ0v) is 15.4. The number of ether oxygens (including phenoxy) is 1. The van der Waals surface area contributed by atoms with Gasteiger partial charge in [0.15, 0.2) is 0 Å². The minimum Gasteiger partial charge on any atom is -0.380 e. The highest BCUT2D eigenvalue weighted by Crippen LogP contribution is 2.25. The maximum Gasteiger partial charge on any atom is 0.0593 e. The highest BCUT2D eigenvalue weighted by Gasteiger charge is 2.33. The molecule has 3 nitrogen and oxygen atoms in total. The van der Waals surface area contributed by atoms with Crippen molar-refractivity contribution in [3.05, 3.63) is 0 Å². The summed E-state index contributed by atoms with van der Waals surface area (Å²) >= 11 is 0. The summed E-state index contributed by atoms with van der Waals surface area (Å²) in [5.74, 6) is 1.38. The molecule has 0 radical (unpaired) electrons. The number of hydrogen-bond acceptors (Lipinski definition) is 3. The molecular weight excluding hydrogens is 260 g/mol. The normalized spacial score (nSPS) is 25.0. The molecule has 0 aromatic heterocycles. The third-order valence-electron chi connectivity index (χ3n) is 4.30. The van der Waals surface area contributed by atoms with Crippen LogP contribution in [0.4, 0.5) is 0 Å². The lowest BCUT2D eigenvalue weighted by molar-refractivity contribution is 0.0338. The van der Waals surface area contributed by atoms with Gasteiger partial charge in [0.05, 0.1) is 6.61 Å². The molecule has 2 unspecified atom stereocenters. The molecule has 3 heteroatoms. The van der Waals surface area contributed by atoms with E-state index in [9.17, 15) is 0 Å². The Kier molecular flexibility index (Phi) is 7.66. The molecule has 2 atom stereocenters. The molecule has 1 saturated heterocycles. The number of hydrogen-bond donors (Lipinski definition) is 1. The highest BCUT2D eigenvalue weighted by atomic mass is 16.5. The van der Waals surface area contributed by atoms with Crippen molar-refractivity contribution < 1.29 is 4.74 Å². The van der Waals surface area contributed by atoms with Gasteiger partial charge in [0.2, 0.25) is 0 Å². The summed E-state index contributed by atoms with van der Waals surface area (Å²) in [5.41, 5.74) is 0.319. The summed E-state index contributed by atoms with van der Waals surface area (Å²) in [7, 11) is 0. The molecule has 1 N–H and O–H groups in total. The Hall–Kier alpha value is -0.120. The van der Waals surface area contributed by atoms with Gasteiger partial charge in [0.25, 0.3) is 0 Å². The molecule has 1 fully saturated rings. The SMILES string of the molecule is CC(C)COCCN1CC(C(C)(C)C)NCC1CC(C)C. The number of piperazine rings is 1. The van der Waals surface area contributed by atoms with Crippen LogP contribution in [0.3, 0.4) is 0 Å². The second-order valence-corrected chi connectivity index (χ2v) is 8.57. The minimum atomic E-state index is 0.319. The monoisotopic (exact) mass is 298 g/mol. The van der Waals surface area contributed by atoms with Crippen molar-refractivity contribution in [2.24, 2.45) is 17.3 Å². The van der Waals surface area contributed by atoms with E-state index in [1.807, 2.05) is 0 Å². The third kappa shape index (κ3) is 7.12. The second kappa shape index (κ2) is 8.50. The summed E-state index contributed by atoms with van der Waals surface area (Å²) in [6.07, 6.45) is 1.27. The zero-order valence-electron chi connectivity index (χ0n) is 15.4. The fourth-order valence-corrected chi connectivity index (χ4v) is 2.99. The van der Waals surface area contributed by atoms with Gasteiger partial charge < -0.3 is 10.1 Å². The van der Waals surface area contributed by atoms with E-state index >= 15 is 0 Å². The van der Waals surface area contributed by atoms with Gasteiger partial charge in [-0.3, -0.25) is 4.90 Å². The van der Waals surface area contributed by atoms with Crippen LogP contribution in [0.15, 0.2) is 0 Å². The van der Waals surface area contributed by atoms with Crippen molar-refractivity contribution in [2.45, 2.75) is 67.0 Å². The lowest BCUT2D eigenvalue weighted by atomic mass is 9.84. The predicted molar refractivity (Wildman–Crippen MR) is 91.7 cm³/mol. The Morgan fingerprint density at radius 2 is 1.81 bits per heavy atom. The Labute approximate surface area is 132 Å². The standard InChI is InChI=1S/C18H38N2O/c1-14(2)10-16-11-19-17(18(5,6)7)12-20(16)8-9-21-13-15(3)4/h14-17,19H,8-13H2,1-7H3. The second-order valence-electron chi connectivity index (χ2n) is 8.57. The zero-order chi connectivity index (χ0) is 16.0. The molecule has 1 aliphatic heterocycles. The van der Waals surface area contributed by atoms with Gasteiger partial charge in [-0.15, -0.1) is 0 Å². The van der Waals surface area contributed by atoms with Crippen LogP contribution >= 0.6 is 0 Å². The first kappa shape index (κ1) is 18.9. The van der Waals surface area contributed by atoms with Crippen LogP contribution in [-0.4, -0.2) is 49.8 Å². The first-order chi connectivity index (χ1) is 9.70. The lowest BCUT2D eigenvalue weighted by Gasteiger charge is -2.45. The molecule has 1 aliphatic rings. The molecule has 0 aromatic rings. The third-order valence-corrected chi connectivity index (χ3v) is 4.30. The van der Waals surface area contributed by atoms with Gasteiger partial charge >= 0.3 is 0 Å². The van der Waals surface area contributed by atoms with Crippen LogP contribution in [0.25, 0.3) is 0 Å². The molecular formula is C18H38N2O. The number of rotatable bonds is 7. The van der Waals surface area contributed by atoms with Crippen LogP contribution < -0.4 is 5.32 Å². The lowest BCUT2D eigenvalue weighted by Crippen LogP contribution is -2.61. The van der Waals surface area contributed by atoms with Crippen LogP contribution in [0, 0.1) is 17.3 Å². The predicted octanol–water partition coefficient (Wildman–Crippen LogP) is 3.39. The molecule has 0 saturated carbocycles. The summed E-state index contributed by atoms with van der Waals surface area (Å²) in [4.78, 5) is 2.66. The molecule has 0 aromatic carbocycles. The van der Waals surface area contributed by atoms with E-state index in [4.69, 9.17) is 4.74 Å². The first-order valence-corrected chi connectivity index (χ1v) is 8.75. The van der Waals surface area contributed by atoms with Crippen molar-refractivity contribution in [2.75, 3.05) is 32.8 Å². The number of nitrogens with zero attached hydrogens (tertiary/aromatic N) is 1. The fourth-order valence-electron chi connectivity index (χ4n) is 2.99. The van der Waals surface area contributed by atoms with Gasteiger partial charge in [-0.2, -0.15) is 0 Å². The maximum absolute atomic E-state index is 5.81. The summed E-state index contributed by atoms with van der Waals surface area (Å²) < 4.78 is 5.81. The highest BCUT2D eigenvalue weighted by molar-refractivity contribution is 4.92. The molecule has 0 aliphatic carbocycles. The van der Waals surface area contributed by atoms with E-state index in [1.165, 1.54) is 6.42 Å². The van der Waals surface area contributed by atoms with Crippen LogP contribution in [-0.2, 0) is 4.74 Å². The molecule has 0 spiro atoms. The van der Waals surface area contributed by atoms with Crippen molar-refractivity contribution in [3.8, 4) is 0 Å². The molecule has 126 valence electrons. The van der Waals surface area contributed by atoms with Gasteiger partial charge in [-0.05, 0) is 23.7 Å². The van der Waals surface area contributed by atoms with Crippen LogP contribution in [0.5, 0.6) is 0 Å². The Morgan fingerprint density at radius 3 is 2.33 bits per heavy atom. The molecule has 21 heavy (non-hydrogen) atoms. The quantitative estimate of drug-likeness (QED) is 0.729. The topological polar surface area (TPSA) is 24.5 Å². The Bertz CT molecular complexity index is 283. The van der Waals surface area contributed by atoms with Gasteiger partial charge in [-0.25, -0.2) is 0 Å². The van der Waals surface area contributed by atoms with E-state index in [2.05, 4.69) is 58.7 Å². The van der Waals surface area contributed by atoms with Crippen molar-refractivity contribution in [3.63, 3.8) is 0 Å². The Balaban J connectivity index is 2.52. The van der Waals surface area contributed by atoms with Gasteiger partial charge in [0.1, 0.15) is 0 Å². The Morgan fingerprint density at radius 1 is 1.14 bits per heavy atom. The van der Waals surface area contributed by atoms with E-state index < -0.39 is 0 Å². The van der Waals surface area contributed by atoms with Crippen molar-refractivity contribution in [1.82, 2.24) is 10.2 Å². The van der Waals surface area contributed by atoms with Crippen LogP contribution in [0.2, 0.25) is 0 Å². The van der Waals surface area contributed by atoms with Crippen LogP contribution in [0.1, 0.15) is 54.9 Å². The smallest absolute Gasteiger partial charge is 0.0593 e. The summed E-state index contributed by atoms with van der Waals surface area (Å²) in [5, 5.41) is 3.77. The van der Waals surface area contributed by atoms with Crippen molar-refractivity contribution in [1.29, 1.82) is 0 Å². The van der Waals surface area contributed by atoms with Gasteiger partial charge in [0, 0.05) is 38.3 Å². The summed E-state index contributed by atoms with van der Waals surface area (Å²) in [6, 6.07) is 1.23. The maximum atomic E-state index is 5.81. The number of nitrogens with one attached hydrogen (secondary N) is 1. The molecule has 0 amide bonds. The summed E-state index contributed by atoms with van der Waals surface area (Å²) in [6.45, 7) is 21.1. The van der Waals surface area contributed by atoms with E-state index in [1.54, 1.807) is 0 Å². The molecule has 0 bridgehead atoms. The fraction of sp³-hybridized carbons (Fsp3) is 1.00.